The minimum atomic E-state index is -0.907. The second kappa shape index (κ2) is 4.35. The van der Waals surface area contributed by atoms with Crippen LogP contribution in [-0.2, 0) is 4.79 Å². The van der Waals surface area contributed by atoms with Gasteiger partial charge >= 0.3 is 0 Å². The SMILES string of the molecule is C=C(O)C(N)C(C)=O.Cl. The zero-order valence-corrected chi connectivity index (χ0v) is 5.94. The summed E-state index contributed by atoms with van der Waals surface area (Å²) in [6, 6.07) is -0.907. The third kappa shape index (κ3) is 4.00. The Bertz CT molecular complexity index is 110. The average Bonchev–Trinajstić information content (AvgIpc) is 1.64. The van der Waals surface area contributed by atoms with E-state index in [0.29, 0.717) is 0 Å². The van der Waals surface area contributed by atoms with E-state index in [1.165, 1.54) is 6.92 Å². The van der Waals surface area contributed by atoms with Gasteiger partial charge in [-0.2, -0.15) is 0 Å². The van der Waals surface area contributed by atoms with E-state index in [9.17, 15) is 4.79 Å². The maximum atomic E-state index is 10.2. The molecule has 0 aliphatic heterocycles. The Morgan fingerprint density at radius 1 is 1.78 bits per heavy atom. The lowest BCUT2D eigenvalue weighted by Gasteiger charge is -2.02. The van der Waals surface area contributed by atoms with Gasteiger partial charge < -0.3 is 10.8 Å². The molecule has 1 atom stereocenters. The standard InChI is InChI=1S/C5H9NO2.ClH/c1-3(7)5(6)4(2)8;/h5,7H,1,6H2,2H3;1H. The normalized spacial score (nSPS) is 11.3. The highest BCUT2D eigenvalue weighted by Gasteiger charge is 2.09. The van der Waals surface area contributed by atoms with E-state index in [1.807, 2.05) is 0 Å². The van der Waals surface area contributed by atoms with Gasteiger partial charge in [-0.3, -0.25) is 4.79 Å². The summed E-state index contributed by atoms with van der Waals surface area (Å²) < 4.78 is 0. The minimum Gasteiger partial charge on any atom is -0.511 e. The Kier molecular flexibility index (Phi) is 5.45. The molecule has 0 rings (SSSR count). The quantitative estimate of drug-likeness (QED) is 0.562. The van der Waals surface area contributed by atoms with Crippen LogP contribution in [0.25, 0.3) is 0 Å². The molecule has 0 aromatic heterocycles. The molecule has 0 heterocycles. The van der Waals surface area contributed by atoms with E-state index in [1.54, 1.807) is 0 Å². The molecule has 0 radical (unpaired) electrons. The van der Waals surface area contributed by atoms with Crippen LogP contribution in [0.2, 0.25) is 0 Å². The topological polar surface area (TPSA) is 63.3 Å². The van der Waals surface area contributed by atoms with Crippen molar-refractivity contribution in [2.45, 2.75) is 13.0 Å². The Labute approximate surface area is 60.0 Å². The van der Waals surface area contributed by atoms with Gasteiger partial charge in [-0.25, -0.2) is 0 Å². The second-order valence-corrected chi connectivity index (χ2v) is 1.58. The maximum Gasteiger partial charge on any atom is 0.154 e. The molecular weight excluding hydrogens is 142 g/mol. The molecule has 0 aromatic carbocycles. The number of Topliss-reactive ketones (excluding diaryl/α,β-unsaturated/α-hetero) is 1. The van der Waals surface area contributed by atoms with Crippen LogP contribution in [0.5, 0.6) is 0 Å². The molecular formula is C5H10ClNO2. The molecule has 0 saturated heterocycles. The van der Waals surface area contributed by atoms with E-state index in [2.05, 4.69) is 6.58 Å². The van der Waals surface area contributed by atoms with Crippen LogP contribution in [0.15, 0.2) is 12.3 Å². The van der Waals surface area contributed by atoms with Gasteiger partial charge in [0.05, 0.1) is 0 Å². The lowest BCUT2D eigenvalue weighted by atomic mass is 10.2. The highest BCUT2D eigenvalue weighted by atomic mass is 35.5. The van der Waals surface area contributed by atoms with E-state index in [-0.39, 0.29) is 23.9 Å². The maximum absolute atomic E-state index is 10.2. The van der Waals surface area contributed by atoms with Crippen molar-refractivity contribution in [1.82, 2.24) is 0 Å². The number of halogens is 1. The minimum absolute atomic E-state index is 0. The van der Waals surface area contributed by atoms with Crippen LogP contribution in [0.3, 0.4) is 0 Å². The van der Waals surface area contributed by atoms with Crippen LogP contribution in [0, 0.1) is 0 Å². The van der Waals surface area contributed by atoms with Gasteiger partial charge in [0.1, 0.15) is 11.8 Å². The fraction of sp³-hybridized carbons (Fsp3) is 0.400. The summed E-state index contributed by atoms with van der Waals surface area (Å²) >= 11 is 0. The van der Waals surface area contributed by atoms with Gasteiger partial charge in [0.15, 0.2) is 5.78 Å². The number of carbonyl (C=O) groups excluding carboxylic acids is 1. The van der Waals surface area contributed by atoms with Gasteiger partial charge in [-0.1, -0.05) is 6.58 Å². The lowest BCUT2D eigenvalue weighted by molar-refractivity contribution is -0.117. The number of aliphatic hydroxyl groups is 1. The second-order valence-electron chi connectivity index (χ2n) is 1.58. The van der Waals surface area contributed by atoms with E-state index < -0.39 is 6.04 Å². The van der Waals surface area contributed by atoms with E-state index in [0.717, 1.165) is 0 Å². The van der Waals surface area contributed by atoms with Crippen LogP contribution < -0.4 is 5.73 Å². The summed E-state index contributed by atoms with van der Waals surface area (Å²) in [6.07, 6.45) is 0. The van der Waals surface area contributed by atoms with Crippen LogP contribution in [0.4, 0.5) is 0 Å². The fourth-order valence-corrected chi connectivity index (χ4v) is 0.235. The molecule has 0 aliphatic rings. The summed E-state index contributed by atoms with van der Waals surface area (Å²) in [6.45, 7) is 4.38. The zero-order chi connectivity index (χ0) is 6.73. The molecule has 0 fully saturated rings. The first kappa shape index (κ1) is 11.3. The highest BCUT2D eigenvalue weighted by Crippen LogP contribution is 1.89. The molecule has 0 aliphatic carbocycles. The number of hydrogen-bond acceptors (Lipinski definition) is 3. The number of carbonyl (C=O) groups is 1. The van der Waals surface area contributed by atoms with Gasteiger partial charge in [0.25, 0.3) is 0 Å². The number of nitrogens with two attached hydrogens (primary N) is 1. The summed E-state index contributed by atoms with van der Waals surface area (Å²) in [4.78, 5) is 10.2. The Balaban J connectivity index is 0. The largest absolute Gasteiger partial charge is 0.511 e. The fourth-order valence-electron chi connectivity index (χ4n) is 0.235. The zero-order valence-electron chi connectivity index (χ0n) is 5.13. The molecule has 3 N–H and O–H groups in total. The van der Waals surface area contributed by atoms with Crippen molar-refractivity contribution < 1.29 is 9.90 Å². The van der Waals surface area contributed by atoms with Crippen molar-refractivity contribution in [3.8, 4) is 0 Å². The molecule has 0 bridgehead atoms. The Hall–Kier alpha value is -0.540. The van der Waals surface area contributed by atoms with Crippen molar-refractivity contribution in [2.24, 2.45) is 5.73 Å². The van der Waals surface area contributed by atoms with E-state index in [4.69, 9.17) is 10.8 Å². The first-order chi connectivity index (χ1) is 3.55. The highest BCUT2D eigenvalue weighted by molar-refractivity contribution is 5.85. The molecule has 1 unspecified atom stereocenters. The summed E-state index contributed by atoms with van der Waals surface area (Å²) in [5.41, 5.74) is 5.06. The monoisotopic (exact) mass is 151 g/mol. The van der Waals surface area contributed by atoms with Gasteiger partial charge in [-0.05, 0) is 6.92 Å². The molecule has 0 amide bonds. The molecule has 0 saturated carbocycles. The van der Waals surface area contributed by atoms with Crippen molar-refractivity contribution >= 4 is 18.2 Å². The number of aliphatic hydroxyl groups excluding tert-OH is 1. The van der Waals surface area contributed by atoms with Gasteiger partial charge in [-0.15, -0.1) is 12.4 Å². The Morgan fingerprint density at radius 3 is 2.11 bits per heavy atom. The van der Waals surface area contributed by atoms with E-state index >= 15 is 0 Å². The number of ketones is 1. The van der Waals surface area contributed by atoms with Crippen molar-refractivity contribution in [3.05, 3.63) is 12.3 Å². The smallest absolute Gasteiger partial charge is 0.154 e. The summed E-state index contributed by atoms with van der Waals surface area (Å²) in [7, 11) is 0. The van der Waals surface area contributed by atoms with Gasteiger partial charge in [0, 0.05) is 0 Å². The van der Waals surface area contributed by atoms with Crippen molar-refractivity contribution in [3.63, 3.8) is 0 Å². The lowest BCUT2D eigenvalue weighted by Crippen LogP contribution is -2.29. The van der Waals surface area contributed by atoms with Gasteiger partial charge in [0.2, 0.25) is 0 Å². The molecule has 3 nitrogen and oxygen atoms in total. The first-order valence-corrected chi connectivity index (χ1v) is 2.19. The molecule has 54 valence electrons. The third-order valence-electron chi connectivity index (χ3n) is 0.797. The molecule has 9 heavy (non-hydrogen) atoms. The number of hydrogen-bond donors (Lipinski definition) is 2. The Morgan fingerprint density at radius 2 is 2.11 bits per heavy atom. The average molecular weight is 152 g/mol. The first-order valence-electron chi connectivity index (χ1n) is 2.19. The predicted molar refractivity (Wildman–Crippen MR) is 37.7 cm³/mol. The molecule has 4 heteroatoms. The van der Waals surface area contributed by atoms with Crippen molar-refractivity contribution in [2.75, 3.05) is 0 Å². The molecule has 0 spiro atoms. The molecule has 0 aromatic rings. The number of rotatable bonds is 2. The summed E-state index contributed by atoms with van der Waals surface area (Å²) in [5, 5.41) is 8.45. The van der Waals surface area contributed by atoms with Crippen LogP contribution in [0.1, 0.15) is 6.92 Å². The third-order valence-corrected chi connectivity index (χ3v) is 0.797. The van der Waals surface area contributed by atoms with Crippen LogP contribution >= 0.6 is 12.4 Å². The summed E-state index contributed by atoms with van der Waals surface area (Å²) in [5.74, 6) is -0.560. The van der Waals surface area contributed by atoms with Crippen LogP contribution in [-0.4, -0.2) is 16.9 Å². The van der Waals surface area contributed by atoms with Crippen molar-refractivity contribution in [1.29, 1.82) is 0 Å². The predicted octanol–water partition coefficient (Wildman–Crippen LogP) is 0.396.